The first kappa shape index (κ1) is 19.2. The summed E-state index contributed by atoms with van der Waals surface area (Å²) in [7, 11) is 1.45. The van der Waals surface area contributed by atoms with Crippen molar-refractivity contribution in [1.29, 1.82) is 0 Å². The Morgan fingerprint density at radius 2 is 1.67 bits per heavy atom. The molecule has 1 atom stereocenters. The summed E-state index contributed by atoms with van der Waals surface area (Å²) in [5, 5.41) is 19.1. The van der Waals surface area contributed by atoms with E-state index in [1.807, 2.05) is 0 Å². The molecule has 3 rings (SSSR count). The molecule has 1 heterocycles. The standard InChI is InChI=1S/C16H13Cl2N5O3S/c1-19-16(25)8-4-2-7-11(13(8)24)21-15-14(22-27(26)23-15)20-10-6-3-5-9(17)12(10)18/h2-7,24H,1H3,(H,19,25)(H,20,22)(H,21,23). The Balaban J connectivity index is 1.93. The van der Waals surface area contributed by atoms with Crippen LogP contribution < -0.4 is 16.0 Å². The van der Waals surface area contributed by atoms with Gasteiger partial charge in [-0.05, 0) is 24.3 Å². The van der Waals surface area contributed by atoms with Crippen LogP contribution in [-0.4, -0.2) is 31.4 Å². The molecule has 27 heavy (non-hydrogen) atoms. The third-order valence-corrected chi connectivity index (χ3v) is 5.02. The number of carbonyl (C=O) groups is 1. The second-order valence-electron chi connectivity index (χ2n) is 5.24. The minimum absolute atomic E-state index is 0.0755. The normalized spacial score (nSPS) is 11.2. The van der Waals surface area contributed by atoms with Gasteiger partial charge in [-0.3, -0.25) is 4.79 Å². The van der Waals surface area contributed by atoms with E-state index in [-0.39, 0.29) is 33.7 Å². The van der Waals surface area contributed by atoms with Crippen LogP contribution >= 0.6 is 34.3 Å². The van der Waals surface area contributed by atoms with E-state index < -0.39 is 17.0 Å². The number of amides is 1. The van der Waals surface area contributed by atoms with E-state index >= 15 is 0 Å². The number of aromatic hydroxyl groups is 1. The van der Waals surface area contributed by atoms with Crippen molar-refractivity contribution in [1.82, 2.24) is 14.1 Å². The van der Waals surface area contributed by atoms with Crippen LogP contribution in [0.4, 0.5) is 23.0 Å². The number of benzene rings is 2. The highest BCUT2D eigenvalue weighted by Crippen LogP contribution is 2.36. The Bertz CT molecular complexity index is 1010. The number of nitrogens with one attached hydrogen (secondary N) is 3. The van der Waals surface area contributed by atoms with Crippen LogP contribution in [0, 0.1) is 0 Å². The average molecular weight is 426 g/mol. The van der Waals surface area contributed by atoms with Crippen LogP contribution in [0.15, 0.2) is 36.4 Å². The molecule has 0 spiro atoms. The first-order valence-electron chi connectivity index (χ1n) is 7.52. The number of aromatic nitrogens is 2. The molecule has 0 aliphatic carbocycles. The number of anilines is 4. The monoisotopic (exact) mass is 425 g/mol. The average Bonchev–Trinajstić information content (AvgIpc) is 2.99. The summed E-state index contributed by atoms with van der Waals surface area (Å²) in [4.78, 5) is 11.8. The van der Waals surface area contributed by atoms with Gasteiger partial charge in [-0.2, -0.15) is 0 Å². The molecule has 4 N–H and O–H groups in total. The topological polar surface area (TPSA) is 122 Å². The highest BCUT2D eigenvalue weighted by Gasteiger charge is 2.20. The molecule has 0 radical (unpaired) electrons. The quantitative estimate of drug-likeness (QED) is 0.358. The fourth-order valence-electron chi connectivity index (χ4n) is 2.24. The molecule has 11 heteroatoms. The van der Waals surface area contributed by atoms with E-state index in [4.69, 9.17) is 23.2 Å². The van der Waals surface area contributed by atoms with Crippen molar-refractivity contribution < 1.29 is 14.5 Å². The van der Waals surface area contributed by atoms with Crippen molar-refractivity contribution in [2.24, 2.45) is 0 Å². The molecule has 0 saturated heterocycles. The minimum Gasteiger partial charge on any atom is -0.546 e. The SMILES string of the molecule is CNC(=O)c1cccc(Nc2n[s+]([O-])nc2Nc2cccc(Cl)c2Cl)c1O. The van der Waals surface area contributed by atoms with Crippen molar-refractivity contribution in [3.63, 3.8) is 0 Å². The lowest BCUT2D eigenvalue weighted by atomic mass is 10.1. The molecule has 1 amide bonds. The fraction of sp³-hybridized carbons (Fsp3) is 0.0625. The maximum Gasteiger partial charge on any atom is 0.254 e. The summed E-state index contributed by atoms with van der Waals surface area (Å²) in [6.45, 7) is 0. The maximum atomic E-state index is 11.8. The summed E-state index contributed by atoms with van der Waals surface area (Å²) < 4.78 is 19.5. The largest absolute Gasteiger partial charge is 0.546 e. The van der Waals surface area contributed by atoms with Gasteiger partial charge in [0.1, 0.15) is 0 Å². The Kier molecular flexibility index (Phi) is 5.66. The molecule has 140 valence electrons. The number of rotatable bonds is 5. The molecule has 2 aromatic carbocycles. The van der Waals surface area contributed by atoms with E-state index in [2.05, 4.69) is 24.7 Å². The summed E-state index contributed by atoms with van der Waals surface area (Å²) >= 11 is 10.3. The third-order valence-electron chi connectivity index (χ3n) is 3.53. The number of phenols is 1. The molecule has 0 aliphatic heterocycles. The third kappa shape index (κ3) is 4.06. The van der Waals surface area contributed by atoms with E-state index in [9.17, 15) is 14.5 Å². The summed E-state index contributed by atoms with van der Waals surface area (Å²) in [5.41, 5.74) is 0.714. The van der Waals surface area contributed by atoms with Gasteiger partial charge < -0.3 is 25.6 Å². The summed E-state index contributed by atoms with van der Waals surface area (Å²) in [5.74, 6) is -0.487. The summed E-state index contributed by atoms with van der Waals surface area (Å²) in [6, 6.07) is 9.56. The first-order valence-corrected chi connectivity index (χ1v) is 9.34. The van der Waals surface area contributed by atoms with Gasteiger partial charge >= 0.3 is 0 Å². The van der Waals surface area contributed by atoms with E-state index in [1.165, 1.54) is 19.2 Å². The number of hydrogen-bond acceptors (Lipinski definition) is 7. The van der Waals surface area contributed by atoms with Crippen molar-refractivity contribution in [2.75, 3.05) is 17.7 Å². The lowest BCUT2D eigenvalue weighted by molar-refractivity contribution is 0.0960. The van der Waals surface area contributed by atoms with Crippen molar-refractivity contribution in [3.05, 3.63) is 52.0 Å². The predicted molar refractivity (Wildman–Crippen MR) is 105 cm³/mol. The van der Waals surface area contributed by atoms with Crippen LogP contribution in [-0.2, 0) is 0 Å². The van der Waals surface area contributed by atoms with Crippen molar-refractivity contribution >= 4 is 63.3 Å². The molecule has 3 aromatic rings. The van der Waals surface area contributed by atoms with Crippen LogP contribution in [0.1, 0.15) is 10.4 Å². The van der Waals surface area contributed by atoms with E-state index in [0.717, 1.165) is 0 Å². The van der Waals surface area contributed by atoms with Gasteiger partial charge in [0.25, 0.3) is 5.91 Å². The van der Waals surface area contributed by atoms with Crippen LogP contribution in [0.3, 0.4) is 0 Å². The van der Waals surface area contributed by atoms with Gasteiger partial charge in [-0.1, -0.05) is 35.3 Å². The van der Waals surface area contributed by atoms with Crippen LogP contribution in [0.25, 0.3) is 0 Å². The fourth-order valence-corrected chi connectivity index (χ4v) is 3.21. The molecule has 0 aliphatic rings. The van der Waals surface area contributed by atoms with E-state index in [0.29, 0.717) is 10.7 Å². The number of hydrogen-bond donors (Lipinski definition) is 4. The van der Waals surface area contributed by atoms with Crippen LogP contribution in [0.5, 0.6) is 5.75 Å². The van der Waals surface area contributed by atoms with Crippen molar-refractivity contribution in [3.8, 4) is 5.75 Å². The molecule has 0 saturated carbocycles. The number of halogens is 2. The second kappa shape index (κ2) is 7.97. The lowest BCUT2D eigenvalue weighted by Gasteiger charge is -2.10. The Labute approximate surface area is 167 Å². The lowest BCUT2D eigenvalue weighted by Crippen LogP contribution is -2.18. The molecule has 1 aromatic heterocycles. The van der Waals surface area contributed by atoms with Crippen molar-refractivity contribution in [2.45, 2.75) is 0 Å². The molecule has 1 unspecified atom stereocenters. The van der Waals surface area contributed by atoms with Gasteiger partial charge in [-0.25, -0.2) is 0 Å². The molecule has 0 fully saturated rings. The van der Waals surface area contributed by atoms with Gasteiger partial charge in [0.05, 0.1) is 27.0 Å². The highest BCUT2D eigenvalue weighted by atomic mass is 35.5. The molecule has 0 bridgehead atoms. The smallest absolute Gasteiger partial charge is 0.254 e. The second-order valence-corrected chi connectivity index (χ2v) is 6.85. The maximum absolute atomic E-state index is 11.8. The van der Waals surface area contributed by atoms with Gasteiger partial charge in [0, 0.05) is 15.8 Å². The zero-order valence-electron chi connectivity index (χ0n) is 13.8. The number of carbonyl (C=O) groups excluding carboxylic acids is 1. The minimum atomic E-state index is -1.85. The van der Waals surface area contributed by atoms with Gasteiger partial charge in [0.2, 0.25) is 11.6 Å². The molecule has 8 nitrogen and oxygen atoms in total. The molecular formula is C16H13Cl2N5O3S. The first-order chi connectivity index (χ1) is 12.9. The highest BCUT2D eigenvalue weighted by molar-refractivity contribution is 7.14. The number of para-hydroxylation sites is 1. The predicted octanol–water partition coefficient (Wildman–Crippen LogP) is 4.06. The number of nitrogens with zero attached hydrogens (tertiary/aromatic N) is 2. The number of phenolic OH excluding ortho intramolecular Hbond substituents is 1. The zero-order chi connectivity index (χ0) is 19.6. The molecular weight excluding hydrogens is 413 g/mol. The summed E-state index contributed by atoms with van der Waals surface area (Å²) in [6.07, 6.45) is 0. The van der Waals surface area contributed by atoms with Gasteiger partial charge in [-0.15, -0.1) is 0 Å². The van der Waals surface area contributed by atoms with E-state index in [1.54, 1.807) is 24.3 Å². The zero-order valence-corrected chi connectivity index (χ0v) is 16.1. The Hall–Kier alpha value is -2.59. The Morgan fingerprint density at radius 1 is 1.07 bits per heavy atom. The van der Waals surface area contributed by atoms with Gasteiger partial charge in [0.15, 0.2) is 16.9 Å². The Morgan fingerprint density at radius 3 is 2.33 bits per heavy atom. The van der Waals surface area contributed by atoms with Crippen LogP contribution in [0.2, 0.25) is 10.0 Å².